The first-order chi connectivity index (χ1) is 20.6. The van der Waals surface area contributed by atoms with E-state index in [9.17, 15) is 62.7 Å². The standard InChI is InChI=1S/C26H12Cl2F11N3O3/c27-24(28)18(8-1-2-12(29)11(3-8)25(34,35)36)19(24)22(44)40-9-4-10(20(33)15(32)5-9)21(43)41-16-7-17(14(31)6-13(16)30)42-23(45)26(37,38)39/h1-7,18-19H,(H,40,44)(H,41,43)(H,42,45)/t18-,19+/m0/s1. The van der Waals surface area contributed by atoms with Gasteiger partial charge in [-0.2, -0.15) is 26.3 Å². The third-order valence-electron chi connectivity index (χ3n) is 6.34. The molecule has 3 aromatic rings. The van der Waals surface area contributed by atoms with E-state index in [0.29, 0.717) is 24.3 Å². The quantitative estimate of drug-likeness (QED) is 0.183. The van der Waals surface area contributed by atoms with Gasteiger partial charge in [0.15, 0.2) is 11.6 Å². The van der Waals surface area contributed by atoms with Crippen molar-refractivity contribution in [2.24, 2.45) is 5.92 Å². The van der Waals surface area contributed by atoms with E-state index in [1.54, 1.807) is 5.32 Å². The highest BCUT2D eigenvalue weighted by Crippen LogP contribution is 2.65. The highest BCUT2D eigenvalue weighted by atomic mass is 35.5. The number of hydrogen-bond donors (Lipinski definition) is 3. The van der Waals surface area contributed by atoms with Crippen LogP contribution in [0.5, 0.6) is 0 Å². The van der Waals surface area contributed by atoms with Gasteiger partial charge >= 0.3 is 18.3 Å². The molecule has 0 radical (unpaired) electrons. The van der Waals surface area contributed by atoms with Crippen LogP contribution in [0.4, 0.5) is 65.4 Å². The summed E-state index contributed by atoms with van der Waals surface area (Å²) in [5.74, 6) is -16.9. The van der Waals surface area contributed by atoms with Gasteiger partial charge in [0.05, 0.1) is 28.4 Å². The van der Waals surface area contributed by atoms with Crippen molar-refractivity contribution in [3.63, 3.8) is 0 Å². The Labute approximate surface area is 253 Å². The molecule has 0 aromatic heterocycles. The average Bonchev–Trinajstić information content (AvgIpc) is 3.49. The van der Waals surface area contributed by atoms with Gasteiger partial charge in [-0.05, 0) is 29.8 Å². The van der Waals surface area contributed by atoms with E-state index < -0.39 is 104 Å². The van der Waals surface area contributed by atoms with Crippen LogP contribution in [-0.2, 0) is 15.8 Å². The molecule has 0 saturated heterocycles. The average molecular weight is 694 g/mol. The molecule has 3 aromatic carbocycles. The van der Waals surface area contributed by atoms with Crippen LogP contribution in [0, 0.1) is 35.0 Å². The Morgan fingerprint density at radius 1 is 0.711 bits per heavy atom. The van der Waals surface area contributed by atoms with Gasteiger partial charge in [0, 0.05) is 23.7 Å². The van der Waals surface area contributed by atoms with Crippen LogP contribution in [0.25, 0.3) is 0 Å². The van der Waals surface area contributed by atoms with Gasteiger partial charge in [0.2, 0.25) is 5.91 Å². The normalized spacial score (nSPS) is 17.4. The molecular weight excluding hydrogens is 682 g/mol. The molecule has 1 saturated carbocycles. The molecule has 45 heavy (non-hydrogen) atoms. The van der Waals surface area contributed by atoms with Gasteiger partial charge in [0.1, 0.15) is 21.8 Å². The fraction of sp³-hybridized carbons (Fsp3) is 0.192. The van der Waals surface area contributed by atoms with Crippen LogP contribution in [0.15, 0.2) is 42.5 Å². The summed E-state index contributed by atoms with van der Waals surface area (Å²) in [5.41, 5.74) is -6.15. The molecule has 0 bridgehead atoms. The lowest BCUT2D eigenvalue weighted by Gasteiger charge is -2.13. The summed E-state index contributed by atoms with van der Waals surface area (Å²) < 4.78 is 146. The maximum Gasteiger partial charge on any atom is 0.471 e. The van der Waals surface area contributed by atoms with Gasteiger partial charge in [-0.25, -0.2) is 22.0 Å². The zero-order valence-electron chi connectivity index (χ0n) is 21.3. The van der Waals surface area contributed by atoms with Crippen molar-refractivity contribution in [1.82, 2.24) is 0 Å². The third kappa shape index (κ3) is 6.93. The molecule has 240 valence electrons. The monoisotopic (exact) mass is 693 g/mol. The van der Waals surface area contributed by atoms with Crippen molar-refractivity contribution in [3.8, 4) is 0 Å². The molecule has 0 heterocycles. The van der Waals surface area contributed by atoms with Gasteiger partial charge in [-0.1, -0.05) is 6.07 Å². The summed E-state index contributed by atoms with van der Waals surface area (Å²) in [7, 11) is 0. The molecule has 4 rings (SSSR count). The van der Waals surface area contributed by atoms with Gasteiger partial charge in [-0.3, -0.25) is 14.4 Å². The highest BCUT2D eigenvalue weighted by molar-refractivity contribution is 6.53. The second-order valence-corrected chi connectivity index (χ2v) is 10.8. The van der Waals surface area contributed by atoms with E-state index >= 15 is 0 Å². The Bertz CT molecular complexity index is 1730. The van der Waals surface area contributed by atoms with Crippen LogP contribution in [0.1, 0.15) is 27.4 Å². The summed E-state index contributed by atoms with van der Waals surface area (Å²) in [5, 5.41) is 4.79. The Kier molecular flexibility index (Phi) is 8.76. The Morgan fingerprint density at radius 3 is 1.89 bits per heavy atom. The first kappa shape index (κ1) is 33.8. The van der Waals surface area contributed by atoms with Crippen LogP contribution in [-0.4, -0.2) is 28.2 Å². The minimum atomic E-state index is -5.48. The van der Waals surface area contributed by atoms with Crippen molar-refractivity contribution < 1.29 is 62.7 Å². The number of rotatable bonds is 6. The van der Waals surface area contributed by atoms with Crippen molar-refractivity contribution >= 4 is 58.0 Å². The van der Waals surface area contributed by atoms with Crippen LogP contribution < -0.4 is 16.0 Å². The second-order valence-electron chi connectivity index (χ2n) is 9.39. The number of alkyl halides is 8. The number of benzene rings is 3. The molecule has 1 aliphatic rings. The van der Waals surface area contributed by atoms with E-state index in [1.807, 2.05) is 5.32 Å². The minimum Gasteiger partial charge on any atom is -0.326 e. The minimum absolute atomic E-state index is 0.0232. The highest BCUT2D eigenvalue weighted by Gasteiger charge is 2.67. The molecular formula is C26H12Cl2F11N3O3. The summed E-state index contributed by atoms with van der Waals surface area (Å²) >= 11 is 12.2. The van der Waals surface area contributed by atoms with Crippen molar-refractivity contribution in [2.45, 2.75) is 22.6 Å². The lowest BCUT2D eigenvalue weighted by atomic mass is 10.0. The zero-order chi connectivity index (χ0) is 33.8. The lowest BCUT2D eigenvalue weighted by Crippen LogP contribution is -2.30. The van der Waals surface area contributed by atoms with Crippen LogP contribution in [0.3, 0.4) is 0 Å². The number of carbonyl (C=O) groups excluding carboxylic acids is 3. The molecule has 19 heteroatoms. The maximum atomic E-state index is 14.5. The number of amides is 3. The fourth-order valence-corrected chi connectivity index (χ4v) is 5.02. The molecule has 6 nitrogen and oxygen atoms in total. The van der Waals surface area contributed by atoms with Crippen LogP contribution in [0.2, 0.25) is 0 Å². The number of halogens is 13. The van der Waals surface area contributed by atoms with Crippen LogP contribution >= 0.6 is 23.2 Å². The first-order valence-electron chi connectivity index (χ1n) is 11.9. The maximum absolute atomic E-state index is 14.5. The third-order valence-corrected chi connectivity index (χ3v) is 7.28. The molecule has 1 aliphatic carbocycles. The Morgan fingerprint density at radius 2 is 1.31 bits per heavy atom. The largest absolute Gasteiger partial charge is 0.471 e. The number of carbonyl (C=O) groups is 3. The Hall–Kier alpha value is -4.12. The number of hydrogen-bond acceptors (Lipinski definition) is 3. The molecule has 1 fully saturated rings. The molecule has 0 spiro atoms. The summed E-state index contributed by atoms with van der Waals surface area (Å²) in [6, 6.07) is 2.85. The molecule has 3 N–H and O–H groups in total. The molecule has 0 unspecified atom stereocenters. The SMILES string of the molecule is O=C(Nc1cc(NC(=O)C(F)(F)F)c(F)cc1F)c1cc(NC(=O)[C@H]2[C@H](c3ccc(F)c(C(F)(F)F)c3)C2(Cl)Cl)cc(F)c1F. The molecule has 0 aliphatic heterocycles. The van der Waals surface area contributed by atoms with Crippen molar-refractivity contribution in [1.29, 1.82) is 0 Å². The second kappa shape index (κ2) is 11.7. The molecule has 2 atom stereocenters. The van der Waals surface area contributed by atoms with E-state index in [2.05, 4.69) is 0 Å². The summed E-state index contributed by atoms with van der Waals surface area (Å²) in [6.45, 7) is 0. The number of nitrogens with one attached hydrogen (secondary N) is 3. The predicted molar refractivity (Wildman–Crippen MR) is 136 cm³/mol. The van der Waals surface area contributed by atoms with E-state index in [0.717, 1.165) is 11.4 Å². The summed E-state index contributed by atoms with van der Waals surface area (Å²) in [4.78, 5) is 36.6. The van der Waals surface area contributed by atoms with Crippen molar-refractivity contribution in [2.75, 3.05) is 16.0 Å². The summed E-state index contributed by atoms with van der Waals surface area (Å²) in [6.07, 6.45) is -10.6. The van der Waals surface area contributed by atoms with E-state index in [1.165, 1.54) is 0 Å². The lowest BCUT2D eigenvalue weighted by molar-refractivity contribution is -0.167. The van der Waals surface area contributed by atoms with Crippen molar-refractivity contribution in [3.05, 3.63) is 88.2 Å². The first-order valence-corrected chi connectivity index (χ1v) is 12.6. The topological polar surface area (TPSA) is 87.3 Å². The Balaban J connectivity index is 1.56. The van der Waals surface area contributed by atoms with Gasteiger partial charge < -0.3 is 16.0 Å². The molecule has 3 amide bonds. The fourth-order valence-electron chi connectivity index (χ4n) is 4.19. The van der Waals surface area contributed by atoms with Gasteiger partial charge in [-0.15, -0.1) is 23.2 Å². The zero-order valence-corrected chi connectivity index (χ0v) is 22.8. The van der Waals surface area contributed by atoms with Gasteiger partial charge in [0.25, 0.3) is 5.91 Å². The number of anilines is 3. The van der Waals surface area contributed by atoms with E-state index in [4.69, 9.17) is 23.2 Å². The predicted octanol–water partition coefficient (Wildman–Crippen LogP) is 7.68. The smallest absolute Gasteiger partial charge is 0.326 e. The van der Waals surface area contributed by atoms with E-state index in [-0.39, 0.29) is 17.7 Å².